The monoisotopic (exact) mass is 593 g/mol. The van der Waals surface area contributed by atoms with Crippen LogP contribution in [0.1, 0.15) is 61.8 Å². The summed E-state index contributed by atoms with van der Waals surface area (Å²) in [5.74, 6) is -1.92. The first-order valence-corrected chi connectivity index (χ1v) is 15.0. The summed E-state index contributed by atoms with van der Waals surface area (Å²) in [6.07, 6.45) is 3.22. The maximum Gasteiger partial charge on any atom is 0.530 e. The van der Waals surface area contributed by atoms with Crippen LogP contribution in [0, 0.1) is 5.92 Å². The van der Waals surface area contributed by atoms with E-state index in [9.17, 15) is 14.2 Å². The first-order chi connectivity index (χ1) is 19.5. The van der Waals surface area contributed by atoms with Crippen molar-refractivity contribution in [1.29, 1.82) is 0 Å². The number of phosphoric acid groups is 1. The fourth-order valence-electron chi connectivity index (χ4n) is 5.31. The number of primary amides is 1. The number of rotatable bonds is 11. The van der Waals surface area contributed by atoms with Crippen molar-refractivity contribution in [1.82, 2.24) is 14.8 Å². The van der Waals surface area contributed by atoms with Gasteiger partial charge in [0.1, 0.15) is 18.2 Å². The number of aromatic nitrogens is 3. The minimum absolute atomic E-state index is 0.00270. The number of nitrogens with one attached hydrogen (secondary N) is 1. The summed E-state index contributed by atoms with van der Waals surface area (Å²) in [6, 6.07) is 3.95. The number of benzene rings is 1. The smallest absolute Gasteiger partial charge is 0.404 e. The number of carbonyl (C=O) groups excluding carboxylic acids is 2. The molecule has 15 nitrogen and oxygen atoms in total. The highest BCUT2D eigenvalue weighted by Crippen LogP contribution is 2.56. The second-order valence-corrected chi connectivity index (χ2v) is 12.4. The molecular formula is C25H36N7O8P. The maximum absolute atomic E-state index is 13.4. The number of carbonyl (C=O) groups is 2. The van der Waals surface area contributed by atoms with Crippen molar-refractivity contribution in [2.24, 2.45) is 23.1 Å². The largest absolute Gasteiger partial charge is 0.530 e. The van der Waals surface area contributed by atoms with Crippen molar-refractivity contribution in [2.75, 3.05) is 18.5 Å². The van der Waals surface area contributed by atoms with Gasteiger partial charge in [-0.05, 0) is 57.9 Å². The summed E-state index contributed by atoms with van der Waals surface area (Å²) in [5, 5.41) is 6.97. The standard InChI is InChI=1S/C25H36N7O8P/c1-25(2)38-20-15(10-18(21(20)39-25)32-13-29-23(31-32)22(28)33)12-37-41(35)36-11-14-9-16(6-7-19(14)40-41)30-24(34)17(27)5-3-4-8-26/h6-7,9,13,15,17-18,20-21H,3-5,8,10-12,26-27H2,1-2H3,(H2,28,33)(H,30,34)/t15-,17+,18-,20-,21+,41?/m1/s1. The molecule has 2 aliphatic heterocycles. The molecule has 1 aromatic heterocycles. The van der Waals surface area contributed by atoms with Crippen LogP contribution >= 0.6 is 7.82 Å². The molecule has 0 bridgehead atoms. The van der Waals surface area contributed by atoms with Gasteiger partial charge in [-0.15, -0.1) is 5.10 Å². The number of unbranched alkanes of at least 4 members (excludes halogenated alkanes) is 1. The quantitative estimate of drug-likeness (QED) is 0.216. The Morgan fingerprint density at radius 1 is 1.27 bits per heavy atom. The van der Waals surface area contributed by atoms with Gasteiger partial charge in [-0.25, -0.2) is 14.2 Å². The fourth-order valence-corrected chi connectivity index (χ4v) is 6.58. The Kier molecular flexibility index (Phi) is 8.48. The molecule has 2 aromatic rings. The van der Waals surface area contributed by atoms with Gasteiger partial charge in [0.25, 0.3) is 5.91 Å². The summed E-state index contributed by atoms with van der Waals surface area (Å²) in [4.78, 5) is 27.9. The highest BCUT2D eigenvalue weighted by Gasteiger charge is 2.55. The molecule has 1 aliphatic carbocycles. The highest BCUT2D eigenvalue weighted by atomic mass is 31.2. The topological polar surface area (TPSA) is 218 Å². The molecule has 3 heterocycles. The number of anilines is 1. The maximum atomic E-state index is 13.4. The molecule has 2 fully saturated rings. The number of ether oxygens (including phenoxy) is 2. The zero-order valence-corrected chi connectivity index (χ0v) is 23.8. The second-order valence-electron chi connectivity index (χ2n) is 10.9. The average molecular weight is 594 g/mol. The molecule has 0 radical (unpaired) electrons. The minimum Gasteiger partial charge on any atom is -0.404 e. The number of hydrogen-bond acceptors (Lipinski definition) is 12. The fraction of sp³-hybridized carbons (Fsp3) is 0.600. The van der Waals surface area contributed by atoms with Crippen molar-refractivity contribution in [3.05, 3.63) is 35.9 Å². The van der Waals surface area contributed by atoms with Crippen LogP contribution in [0.2, 0.25) is 0 Å². The highest BCUT2D eigenvalue weighted by molar-refractivity contribution is 7.49. The van der Waals surface area contributed by atoms with Crippen LogP contribution < -0.4 is 27.0 Å². The third-order valence-electron chi connectivity index (χ3n) is 7.29. The lowest BCUT2D eigenvalue weighted by Gasteiger charge is -2.27. The molecule has 41 heavy (non-hydrogen) atoms. The van der Waals surface area contributed by atoms with Gasteiger partial charge in [0.05, 0.1) is 31.4 Å². The summed E-state index contributed by atoms with van der Waals surface area (Å²) >= 11 is 0. The SMILES string of the molecule is CC1(C)O[C@@H]2[C@@H](COP3(=O)OCc4cc(NC(=O)[C@@H](N)CCCCN)ccc4O3)C[C@@H](n3cnc(C(N)=O)n3)[C@@H]2O1. The number of nitrogens with zero attached hydrogens (tertiary/aromatic N) is 3. The lowest BCUT2D eigenvalue weighted by Crippen LogP contribution is -2.35. The van der Waals surface area contributed by atoms with E-state index < -0.39 is 37.8 Å². The van der Waals surface area contributed by atoms with E-state index in [0.29, 0.717) is 36.4 Å². The Bertz CT molecular complexity index is 1340. The zero-order chi connectivity index (χ0) is 29.4. The Morgan fingerprint density at radius 2 is 2.05 bits per heavy atom. The Labute approximate surface area is 237 Å². The molecule has 1 saturated heterocycles. The normalized spacial score (nSPS) is 28.9. The van der Waals surface area contributed by atoms with Crippen LogP contribution in [-0.2, 0) is 34.5 Å². The molecule has 16 heteroatoms. The van der Waals surface area contributed by atoms with Crippen LogP contribution in [-0.4, -0.2) is 63.8 Å². The molecule has 0 spiro atoms. The van der Waals surface area contributed by atoms with E-state index in [0.717, 1.165) is 12.8 Å². The summed E-state index contributed by atoms with van der Waals surface area (Å²) in [7, 11) is -3.95. The second kappa shape index (κ2) is 11.8. The molecule has 6 atom stereocenters. The van der Waals surface area contributed by atoms with Gasteiger partial charge in [-0.2, -0.15) is 0 Å². The number of amides is 2. The van der Waals surface area contributed by atoms with Gasteiger partial charge in [0, 0.05) is 17.2 Å². The molecule has 2 amide bonds. The molecule has 224 valence electrons. The number of nitrogens with two attached hydrogens (primary N) is 3. The first kappa shape index (κ1) is 29.6. The van der Waals surface area contributed by atoms with E-state index >= 15 is 0 Å². The molecule has 1 unspecified atom stereocenters. The molecule has 3 aliphatic rings. The third-order valence-corrected chi connectivity index (χ3v) is 8.62. The summed E-state index contributed by atoms with van der Waals surface area (Å²) < 4.78 is 44.1. The molecule has 5 rings (SSSR count). The van der Waals surface area contributed by atoms with E-state index in [1.165, 1.54) is 11.0 Å². The Balaban J connectivity index is 1.21. The van der Waals surface area contributed by atoms with Crippen LogP contribution in [0.5, 0.6) is 5.75 Å². The van der Waals surface area contributed by atoms with Gasteiger partial charge >= 0.3 is 7.82 Å². The molecule has 1 aromatic carbocycles. The van der Waals surface area contributed by atoms with E-state index in [2.05, 4.69) is 15.4 Å². The lowest BCUT2D eigenvalue weighted by molar-refractivity contribution is -0.162. The van der Waals surface area contributed by atoms with Crippen molar-refractivity contribution in [2.45, 2.75) is 76.2 Å². The van der Waals surface area contributed by atoms with Gasteiger partial charge in [0.2, 0.25) is 11.7 Å². The lowest BCUT2D eigenvalue weighted by atomic mass is 10.1. The van der Waals surface area contributed by atoms with Crippen molar-refractivity contribution >= 4 is 25.3 Å². The predicted octanol–water partition coefficient (Wildman–Crippen LogP) is 1.59. The van der Waals surface area contributed by atoms with Crippen molar-refractivity contribution < 1.29 is 37.2 Å². The van der Waals surface area contributed by atoms with E-state index in [4.69, 9.17) is 40.2 Å². The third kappa shape index (κ3) is 6.61. The average Bonchev–Trinajstić information content (AvgIpc) is 3.61. The minimum atomic E-state index is -3.95. The molecule has 7 N–H and O–H groups in total. The van der Waals surface area contributed by atoms with E-state index in [-0.39, 0.29) is 36.9 Å². The van der Waals surface area contributed by atoms with E-state index in [1.807, 2.05) is 0 Å². The summed E-state index contributed by atoms with van der Waals surface area (Å²) in [6.45, 7) is 4.11. The predicted molar refractivity (Wildman–Crippen MR) is 144 cm³/mol. The van der Waals surface area contributed by atoms with Crippen LogP contribution in [0.25, 0.3) is 0 Å². The molecule has 1 saturated carbocycles. The van der Waals surface area contributed by atoms with Crippen molar-refractivity contribution in [3.8, 4) is 5.75 Å². The van der Waals surface area contributed by atoms with Gasteiger partial charge in [-0.1, -0.05) is 6.42 Å². The van der Waals surface area contributed by atoms with Crippen molar-refractivity contribution in [3.63, 3.8) is 0 Å². The van der Waals surface area contributed by atoms with Gasteiger partial charge < -0.3 is 36.5 Å². The van der Waals surface area contributed by atoms with Crippen LogP contribution in [0.15, 0.2) is 24.5 Å². The Morgan fingerprint density at radius 3 is 2.78 bits per heavy atom. The van der Waals surface area contributed by atoms with Crippen LogP contribution in [0.3, 0.4) is 0 Å². The van der Waals surface area contributed by atoms with Gasteiger partial charge in [-0.3, -0.25) is 18.6 Å². The number of hydrogen-bond donors (Lipinski definition) is 4. The molecular weight excluding hydrogens is 557 g/mol. The van der Waals surface area contributed by atoms with Gasteiger partial charge in [0.15, 0.2) is 5.79 Å². The number of fused-ring (bicyclic) bond motifs is 2. The summed E-state index contributed by atoms with van der Waals surface area (Å²) in [5.41, 5.74) is 17.9. The van der Waals surface area contributed by atoms with E-state index in [1.54, 1.807) is 32.0 Å². The first-order valence-electron chi connectivity index (χ1n) is 13.5. The Hall–Kier alpha value is -2.91. The zero-order valence-electron chi connectivity index (χ0n) is 22.9. The number of phosphoric ester groups is 1. The van der Waals surface area contributed by atoms with Crippen LogP contribution in [0.4, 0.5) is 5.69 Å².